The van der Waals surface area contributed by atoms with Crippen LogP contribution in [0.4, 0.5) is 5.69 Å². The van der Waals surface area contributed by atoms with Gasteiger partial charge in [0.25, 0.3) is 10.0 Å². The van der Waals surface area contributed by atoms with Gasteiger partial charge in [-0.1, -0.05) is 12.1 Å². The number of sulfonamides is 1. The van der Waals surface area contributed by atoms with Gasteiger partial charge in [-0.15, -0.1) is 0 Å². The van der Waals surface area contributed by atoms with E-state index in [1.807, 2.05) is 43.8 Å². The molecule has 1 aromatic carbocycles. The molecule has 2 heterocycles. The molecule has 0 atom stereocenters. The minimum Gasteiger partial charge on any atom is -0.349 e. The fourth-order valence-electron chi connectivity index (χ4n) is 2.88. The number of hydrogen-bond acceptors (Lipinski definition) is 3. The summed E-state index contributed by atoms with van der Waals surface area (Å²) in [7, 11) is -1.86. The lowest BCUT2D eigenvalue weighted by atomic mass is 10.2. The van der Waals surface area contributed by atoms with Gasteiger partial charge in [-0.2, -0.15) is 5.10 Å². The van der Waals surface area contributed by atoms with Crippen molar-refractivity contribution < 1.29 is 8.42 Å². The third kappa shape index (κ3) is 2.50. The maximum Gasteiger partial charge on any atom is 0.264 e. The first-order valence-corrected chi connectivity index (χ1v) is 8.94. The number of nitrogens with one attached hydrogen (secondary N) is 1. The van der Waals surface area contributed by atoms with Crippen molar-refractivity contribution in [1.82, 2.24) is 14.3 Å². The van der Waals surface area contributed by atoms with Crippen LogP contribution in [0.15, 0.2) is 35.4 Å². The second-order valence-electron chi connectivity index (χ2n) is 5.59. The number of anilines is 1. The third-order valence-corrected chi connectivity index (χ3v) is 5.45. The first-order valence-electron chi connectivity index (χ1n) is 7.46. The standard InChI is InChI=1S/C16H20N4O2S/c1-5-20-12(3)15(11(2)17-20)18-23(21,22)14-8-6-7-13-9-10-19(4)16(13)14/h6-10,18H,5H2,1-4H3. The van der Waals surface area contributed by atoms with Crippen molar-refractivity contribution in [1.29, 1.82) is 0 Å². The van der Waals surface area contributed by atoms with Crippen LogP contribution in [0.3, 0.4) is 0 Å². The Kier molecular flexibility index (Phi) is 3.68. The second-order valence-corrected chi connectivity index (χ2v) is 7.24. The highest BCUT2D eigenvalue weighted by atomic mass is 32.2. The molecule has 7 heteroatoms. The minimum atomic E-state index is -3.70. The van der Waals surface area contributed by atoms with Crippen LogP contribution < -0.4 is 4.72 Å². The first-order chi connectivity index (χ1) is 10.8. The Labute approximate surface area is 135 Å². The lowest BCUT2D eigenvalue weighted by Crippen LogP contribution is -2.15. The Morgan fingerprint density at radius 1 is 1.22 bits per heavy atom. The normalized spacial score (nSPS) is 12.0. The van der Waals surface area contributed by atoms with Gasteiger partial charge in [0.05, 0.1) is 22.6 Å². The maximum atomic E-state index is 12.9. The van der Waals surface area contributed by atoms with Gasteiger partial charge in [0.2, 0.25) is 0 Å². The van der Waals surface area contributed by atoms with E-state index in [2.05, 4.69) is 9.82 Å². The summed E-state index contributed by atoms with van der Waals surface area (Å²) in [6.45, 7) is 6.34. The summed E-state index contributed by atoms with van der Waals surface area (Å²) in [6, 6.07) is 7.19. The monoisotopic (exact) mass is 332 g/mol. The van der Waals surface area contributed by atoms with Crippen molar-refractivity contribution in [3.8, 4) is 0 Å². The first kappa shape index (κ1) is 15.6. The molecule has 6 nitrogen and oxygen atoms in total. The van der Waals surface area contributed by atoms with E-state index in [0.717, 1.165) is 11.1 Å². The second kappa shape index (κ2) is 5.42. The van der Waals surface area contributed by atoms with Crippen molar-refractivity contribution in [2.24, 2.45) is 7.05 Å². The fourth-order valence-corrected chi connectivity index (χ4v) is 4.32. The van der Waals surface area contributed by atoms with Crippen LogP contribution in [-0.2, 0) is 23.6 Å². The number of para-hydroxylation sites is 1. The van der Waals surface area contributed by atoms with Gasteiger partial charge < -0.3 is 4.57 Å². The molecule has 122 valence electrons. The molecule has 2 aromatic heterocycles. The van der Waals surface area contributed by atoms with Crippen LogP contribution in [0.2, 0.25) is 0 Å². The number of aromatic nitrogens is 3. The van der Waals surface area contributed by atoms with Crippen LogP contribution in [-0.4, -0.2) is 22.8 Å². The number of fused-ring (bicyclic) bond motifs is 1. The zero-order chi connectivity index (χ0) is 16.8. The molecule has 3 rings (SSSR count). The van der Waals surface area contributed by atoms with Gasteiger partial charge in [-0.25, -0.2) is 8.42 Å². The minimum absolute atomic E-state index is 0.269. The van der Waals surface area contributed by atoms with E-state index in [9.17, 15) is 8.42 Å². The van der Waals surface area contributed by atoms with Gasteiger partial charge in [-0.3, -0.25) is 9.40 Å². The SMILES string of the molecule is CCn1nc(C)c(NS(=O)(=O)c2cccc3ccn(C)c23)c1C. The van der Waals surface area contributed by atoms with Gasteiger partial charge >= 0.3 is 0 Å². The fraction of sp³-hybridized carbons (Fsp3) is 0.312. The van der Waals surface area contributed by atoms with E-state index in [-0.39, 0.29) is 4.90 Å². The predicted octanol–water partition coefficient (Wildman–Crippen LogP) is 2.81. The van der Waals surface area contributed by atoms with Crippen LogP contribution in [0.25, 0.3) is 10.9 Å². The Balaban J connectivity index is 2.12. The molecule has 0 amide bonds. The van der Waals surface area contributed by atoms with E-state index in [4.69, 9.17) is 0 Å². The van der Waals surface area contributed by atoms with Crippen molar-refractivity contribution in [3.63, 3.8) is 0 Å². The van der Waals surface area contributed by atoms with E-state index in [1.54, 1.807) is 23.7 Å². The quantitative estimate of drug-likeness (QED) is 0.799. The van der Waals surface area contributed by atoms with E-state index < -0.39 is 10.0 Å². The third-order valence-electron chi connectivity index (χ3n) is 4.07. The van der Waals surface area contributed by atoms with Crippen molar-refractivity contribution in [2.45, 2.75) is 32.2 Å². The molecule has 0 aliphatic heterocycles. The van der Waals surface area contributed by atoms with E-state index in [0.29, 0.717) is 23.4 Å². The molecule has 0 spiro atoms. The number of nitrogens with zero attached hydrogens (tertiary/aromatic N) is 3. The molecule has 0 saturated heterocycles. The molecule has 3 aromatic rings. The van der Waals surface area contributed by atoms with Crippen molar-refractivity contribution in [3.05, 3.63) is 41.9 Å². The van der Waals surface area contributed by atoms with Gasteiger partial charge in [0.1, 0.15) is 4.90 Å². The lowest BCUT2D eigenvalue weighted by Gasteiger charge is -2.11. The molecule has 0 fully saturated rings. The molecule has 0 radical (unpaired) electrons. The van der Waals surface area contributed by atoms with Crippen LogP contribution >= 0.6 is 0 Å². The Hall–Kier alpha value is -2.28. The summed E-state index contributed by atoms with van der Waals surface area (Å²) < 4.78 is 32.1. The van der Waals surface area contributed by atoms with Gasteiger partial charge in [-0.05, 0) is 32.9 Å². The molecule has 0 bridgehead atoms. The molecule has 0 aliphatic carbocycles. The number of aryl methyl sites for hydroxylation is 3. The summed E-state index contributed by atoms with van der Waals surface area (Å²) in [6.07, 6.45) is 1.86. The van der Waals surface area contributed by atoms with Crippen molar-refractivity contribution >= 4 is 26.6 Å². The molecular formula is C16H20N4O2S. The zero-order valence-corrected chi connectivity index (χ0v) is 14.5. The average Bonchev–Trinajstić information content (AvgIpc) is 3.02. The van der Waals surface area contributed by atoms with Gasteiger partial charge in [0.15, 0.2) is 0 Å². The number of hydrogen-bond donors (Lipinski definition) is 1. The van der Waals surface area contributed by atoms with Crippen LogP contribution in [0.5, 0.6) is 0 Å². The molecule has 0 aliphatic rings. The number of rotatable bonds is 4. The summed E-state index contributed by atoms with van der Waals surface area (Å²) in [5.41, 5.74) is 2.73. The summed E-state index contributed by atoms with van der Waals surface area (Å²) in [4.78, 5) is 0.269. The molecule has 0 saturated carbocycles. The zero-order valence-electron chi connectivity index (χ0n) is 13.7. The van der Waals surface area contributed by atoms with Crippen molar-refractivity contribution in [2.75, 3.05) is 4.72 Å². The van der Waals surface area contributed by atoms with Gasteiger partial charge in [0, 0.05) is 25.2 Å². The summed E-state index contributed by atoms with van der Waals surface area (Å²) in [5.74, 6) is 0. The smallest absolute Gasteiger partial charge is 0.264 e. The maximum absolute atomic E-state index is 12.9. The highest BCUT2D eigenvalue weighted by Gasteiger charge is 2.22. The number of benzene rings is 1. The summed E-state index contributed by atoms with van der Waals surface area (Å²) >= 11 is 0. The van der Waals surface area contributed by atoms with E-state index >= 15 is 0 Å². The van der Waals surface area contributed by atoms with Crippen LogP contribution in [0.1, 0.15) is 18.3 Å². The van der Waals surface area contributed by atoms with E-state index in [1.165, 1.54) is 0 Å². The largest absolute Gasteiger partial charge is 0.349 e. The Bertz CT molecular complexity index is 983. The average molecular weight is 332 g/mol. The molecule has 1 N–H and O–H groups in total. The Morgan fingerprint density at radius 2 is 1.96 bits per heavy atom. The highest BCUT2D eigenvalue weighted by molar-refractivity contribution is 7.93. The van der Waals surface area contributed by atoms with Crippen LogP contribution in [0, 0.1) is 13.8 Å². The topological polar surface area (TPSA) is 68.9 Å². The molecular weight excluding hydrogens is 312 g/mol. The molecule has 23 heavy (non-hydrogen) atoms. The molecule has 0 unspecified atom stereocenters. The highest BCUT2D eigenvalue weighted by Crippen LogP contribution is 2.27. The lowest BCUT2D eigenvalue weighted by molar-refractivity contribution is 0.601. The predicted molar refractivity (Wildman–Crippen MR) is 91.1 cm³/mol. The summed E-state index contributed by atoms with van der Waals surface area (Å²) in [5, 5.41) is 5.26. The Morgan fingerprint density at radius 3 is 2.61 bits per heavy atom.